The minimum atomic E-state index is -0.860. The molecule has 0 saturated carbocycles. The highest BCUT2D eigenvalue weighted by Crippen LogP contribution is 2.11. The predicted molar refractivity (Wildman–Crippen MR) is 47.0 cm³/mol. The average molecular weight is 169 g/mol. The molecule has 12 heavy (non-hydrogen) atoms. The Balaban J connectivity index is 2.36. The van der Waals surface area contributed by atoms with Crippen molar-refractivity contribution in [3.63, 3.8) is 0 Å². The van der Waals surface area contributed by atoms with Crippen LogP contribution in [-0.2, 0) is 4.79 Å². The molecule has 0 aromatic heterocycles. The SMILES string of the molecule is CC(/C=C/C(=O)O)N1CCCC1. The van der Waals surface area contributed by atoms with Gasteiger partial charge in [0.15, 0.2) is 0 Å². The van der Waals surface area contributed by atoms with Crippen molar-refractivity contribution in [2.75, 3.05) is 13.1 Å². The molecule has 1 heterocycles. The van der Waals surface area contributed by atoms with Gasteiger partial charge in [0.1, 0.15) is 0 Å². The topological polar surface area (TPSA) is 40.5 Å². The molecule has 1 aliphatic heterocycles. The van der Waals surface area contributed by atoms with Crippen LogP contribution in [0.5, 0.6) is 0 Å². The third-order valence-corrected chi connectivity index (χ3v) is 2.23. The first-order chi connectivity index (χ1) is 5.70. The van der Waals surface area contributed by atoms with Gasteiger partial charge >= 0.3 is 5.97 Å². The highest BCUT2D eigenvalue weighted by Gasteiger charge is 2.15. The fourth-order valence-electron chi connectivity index (χ4n) is 1.49. The predicted octanol–water partition coefficient (Wildman–Crippen LogP) is 1.11. The first-order valence-corrected chi connectivity index (χ1v) is 4.35. The molecule has 1 rings (SSSR count). The maximum Gasteiger partial charge on any atom is 0.328 e. The van der Waals surface area contributed by atoms with Gasteiger partial charge in [0.2, 0.25) is 0 Å². The van der Waals surface area contributed by atoms with Crippen molar-refractivity contribution in [1.82, 2.24) is 4.90 Å². The van der Waals surface area contributed by atoms with E-state index in [4.69, 9.17) is 5.11 Å². The molecule has 0 bridgehead atoms. The lowest BCUT2D eigenvalue weighted by molar-refractivity contribution is -0.131. The maximum atomic E-state index is 10.2. The van der Waals surface area contributed by atoms with Gasteiger partial charge in [0.05, 0.1) is 0 Å². The van der Waals surface area contributed by atoms with Crippen molar-refractivity contribution in [2.24, 2.45) is 0 Å². The van der Waals surface area contributed by atoms with Crippen LogP contribution >= 0.6 is 0 Å². The van der Waals surface area contributed by atoms with Crippen molar-refractivity contribution in [2.45, 2.75) is 25.8 Å². The number of nitrogens with zero attached hydrogens (tertiary/aromatic N) is 1. The molecule has 1 unspecified atom stereocenters. The molecule has 0 aromatic carbocycles. The molecule has 68 valence electrons. The van der Waals surface area contributed by atoms with E-state index in [0.717, 1.165) is 13.1 Å². The summed E-state index contributed by atoms with van der Waals surface area (Å²) in [6.45, 7) is 4.24. The summed E-state index contributed by atoms with van der Waals surface area (Å²) in [5.41, 5.74) is 0. The Morgan fingerprint density at radius 1 is 1.50 bits per heavy atom. The van der Waals surface area contributed by atoms with Crippen LogP contribution in [0.3, 0.4) is 0 Å². The zero-order chi connectivity index (χ0) is 8.97. The molecular formula is C9H15NO2. The number of rotatable bonds is 3. The Morgan fingerprint density at radius 2 is 2.08 bits per heavy atom. The molecule has 1 fully saturated rings. The lowest BCUT2D eigenvalue weighted by Gasteiger charge is -2.19. The third kappa shape index (κ3) is 2.66. The number of carboxylic acids is 1. The van der Waals surface area contributed by atoms with Gasteiger partial charge in [-0.05, 0) is 32.9 Å². The Bertz CT molecular complexity index is 183. The summed E-state index contributed by atoms with van der Waals surface area (Å²) in [6, 6.07) is 0.267. The van der Waals surface area contributed by atoms with Gasteiger partial charge in [-0.15, -0.1) is 0 Å². The zero-order valence-corrected chi connectivity index (χ0v) is 7.36. The maximum absolute atomic E-state index is 10.2. The molecule has 3 heteroatoms. The van der Waals surface area contributed by atoms with Crippen molar-refractivity contribution < 1.29 is 9.90 Å². The molecule has 0 aromatic rings. The summed E-state index contributed by atoms with van der Waals surface area (Å²) >= 11 is 0. The van der Waals surface area contributed by atoms with Crippen molar-refractivity contribution in [3.05, 3.63) is 12.2 Å². The molecule has 0 radical (unpaired) electrons. The van der Waals surface area contributed by atoms with Gasteiger partial charge in [-0.25, -0.2) is 4.79 Å². The highest BCUT2D eigenvalue weighted by atomic mass is 16.4. The first kappa shape index (κ1) is 9.26. The second kappa shape index (κ2) is 4.26. The van der Waals surface area contributed by atoms with Gasteiger partial charge in [0, 0.05) is 12.1 Å². The van der Waals surface area contributed by atoms with Crippen LogP contribution in [0, 0.1) is 0 Å². The van der Waals surface area contributed by atoms with Gasteiger partial charge in [-0.3, -0.25) is 4.90 Å². The van der Waals surface area contributed by atoms with E-state index in [9.17, 15) is 4.79 Å². The first-order valence-electron chi connectivity index (χ1n) is 4.35. The smallest absolute Gasteiger partial charge is 0.328 e. The molecular weight excluding hydrogens is 154 g/mol. The fourth-order valence-corrected chi connectivity index (χ4v) is 1.49. The van der Waals surface area contributed by atoms with Crippen LogP contribution < -0.4 is 0 Å². The van der Waals surface area contributed by atoms with Crippen molar-refractivity contribution in [3.8, 4) is 0 Å². The molecule has 1 aliphatic rings. The standard InChI is InChI=1S/C9H15NO2/c1-8(4-5-9(11)12)10-6-2-3-7-10/h4-5,8H,2-3,6-7H2,1H3,(H,11,12)/b5-4+. The normalized spacial score (nSPS) is 21.8. The minimum absolute atomic E-state index is 0.267. The largest absolute Gasteiger partial charge is 0.478 e. The molecule has 1 atom stereocenters. The lowest BCUT2D eigenvalue weighted by atomic mass is 10.2. The Kier molecular flexibility index (Phi) is 3.29. The number of hydrogen-bond donors (Lipinski definition) is 1. The Labute approximate surface area is 72.7 Å². The molecule has 0 amide bonds. The summed E-state index contributed by atoms with van der Waals surface area (Å²) in [5, 5.41) is 8.40. The molecule has 0 spiro atoms. The molecule has 0 aliphatic carbocycles. The number of hydrogen-bond acceptors (Lipinski definition) is 2. The van der Waals surface area contributed by atoms with E-state index < -0.39 is 5.97 Å². The van der Waals surface area contributed by atoms with Crippen LogP contribution in [-0.4, -0.2) is 35.1 Å². The van der Waals surface area contributed by atoms with Crippen molar-refractivity contribution in [1.29, 1.82) is 0 Å². The van der Waals surface area contributed by atoms with E-state index in [2.05, 4.69) is 4.90 Å². The Morgan fingerprint density at radius 3 is 2.58 bits per heavy atom. The Hall–Kier alpha value is -0.830. The highest BCUT2D eigenvalue weighted by molar-refractivity contribution is 5.79. The van der Waals surface area contributed by atoms with E-state index in [0.29, 0.717) is 0 Å². The molecule has 1 saturated heterocycles. The number of aliphatic carboxylic acids is 1. The number of likely N-dealkylation sites (tertiary alicyclic amines) is 1. The van der Waals surface area contributed by atoms with Gasteiger partial charge in [-0.2, -0.15) is 0 Å². The van der Waals surface area contributed by atoms with Crippen LogP contribution in [0.15, 0.2) is 12.2 Å². The summed E-state index contributed by atoms with van der Waals surface area (Å²) in [5.74, 6) is -0.860. The summed E-state index contributed by atoms with van der Waals surface area (Å²) in [4.78, 5) is 12.5. The summed E-state index contributed by atoms with van der Waals surface area (Å²) < 4.78 is 0. The third-order valence-electron chi connectivity index (χ3n) is 2.23. The van der Waals surface area contributed by atoms with E-state index >= 15 is 0 Å². The van der Waals surface area contributed by atoms with Gasteiger partial charge < -0.3 is 5.11 Å². The zero-order valence-electron chi connectivity index (χ0n) is 7.36. The minimum Gasteiger partial charge on any atom is -0.478 e. The van der Waals surface area contributed by atoms with Gasteiger partial charge in [-0.1, -0.05) is 6.08 Å². The van der Waals surface area contributed by atoms with Gasteiger partial charge in [0.25, 0.3) is 0 Å². The van der Waals surface area contributed by atoms with Crippen LogP contribution in [0.1, 0.15) is 19.8 Å². The van der Waals surface area contributed by atoms with Crippen LogP contribution in [0.4, 0.5) is 0 Å². The second-order valence-electron chi connectivity index (χ2n) is 3.18. The van der Waals surface area contributed by atoms with E-state index in [1.165, 1.54) is 18.9 Å². The molecule has 1 N–H and O–H groups in total. The van der Waals surface area contributed by atoms with E-state index in [-0.39, 0.29) is 6.04 Å². The lowest BCUT2D eigenvalue weighted by Crippen LogP contribution is -2.28. The van der Waals surface area contributed by atoms with Crippen LogP contribution in [0.2, 0.25) is 0 Å². The number of carboxylic acid groups (broad SMARTS) is 1. The second-order valence-corrected chi connectivity index (χ2v) is 3.18. The van der Waals surface area contributed by atoms with Crippen molar-refractivity contribution >= 4 is 5.97 Å². The van der Waals surface area contributed by atoms with E-state index in [1.54, 1.807) is 6.08 Å². The number of carbonyl (C=O) groups is 1. The van der Waals surface area contributed by atoms with E-state index in [1.807, 2.05) is 6.92 Å². The summed E-state index contributed by atoms with van der Waals surface area (Å²) in [6.07, 6.45) is 5.45. The average Bonchev–Trinajstić information content (AvgIpc) is 2.51. The molecule has 3 nitrogen and oxygen atoms in total. The monoisotopic (exact) mass is 169 g/mol. The fraction of sp³-hybridized carbons (Fsp3) is 0.667. The van der Waals surface area contributed by atoms with Crippen LogP contribution in [0.25, 0.3) is 0 Å². The summed E-state index contributed by atoms with van der Waals surface area (Å²) in [7, 11) is 0. The quantitative estimate of drug-likeness (QED) is 0.643.